The van der Waals surface area contributed by atoms with Gasteiger partial charge in [-0.1, -0.05) is 88.6 Å². The summed E-state index contributed by atoms with van der Waals surface area (Å²) < 4.78 is 17.6. The van der Waals surface area contributed by atoms with Gasteiger partial charge in [-0.3, -0.25) is 43.4 Å². The van der Waals surface area contributed by atoms with Crippen molar-refractivity contribution in [1.82, 2.24) is 25.0 Å². The Kier molecular flexibility index (Phi) is 24.7. The Labute approximate surface area is 462 Å². The summed E-state index contributed by atoms with van der Waals surface area (Å²) in [6.07, 6.45) is 11.6. The summed E-state index contributed by atoms with van der Waals surface area (Å²) in [7, 11) is 0. The molecule has 2 aromatic rings. The lowest BCUT2D eigenvalue weighted by Gasteiger charge is -2.35. The Morgan fingerprint density at radius 2 is 1.53 bits per heavy atom. The van der Waals surface area contributed by atoms with Gasteiger partial charge >= 0.3 is 18.2 Å². The van der Waals surface area contributed by atoms with Gasteiger partial charge in [0.1, 0.15) is 24.6 Å². The molecule has 424 valence electrons. The van der Waals surface area contributed by atoms with Gasteiger partial charge in [-0.15, -0.1) is 0 Å². The van der Waals surface area contributed by atoms with Crippen molar-refractivity contribution in [3.8, 4) is 0 Å². The molecular weight excluding hydrogens is 1020 g/mol. The van der Waals surface area contributed by atoms with E-state index < -0.39 is 60.2 Å². The van der Waals surface area contributed by atoms with Crippen LogP contribution in [-0.2, 0) is 60.8 Å². The van der Waals surface area contributed by atoms with Crippen molar-refractivity contribution in [2.75, 3.05) is 32.7 Å². The number of nitrogens with one attached hydrogen (secondary N) is 1. The van der Waals surface area contributed by atoms with Gasteiger partial charge in [-0.2, -0.15) is 0 Å². The van der Waals surface area contributed by atoms with Crippen molar-refractivity contribution in [3.63, 3.8) is 0 Å². The van der Waals surface area contributed by atoms with Crippen LogP contribution in [0.3, 0.4) is 0 Å². The van der Waals surface area contributed by atoms with Crippen LogP contribution in [0, 0.1) is 23.7 Å². The molecule has 0 radical (unpaired) electrons. The molecule has 3 aliphatic rings. The molecule has 4 N–H and O–H groups in total. The molecule has 0 unspecified atom stereocenters. The predicted molar refractivity (Wildman–Crippen MR) is 291 cm³/mol. The number of piperazine rings is 1. The normalized spacial score (nSPS) is 21.5. The summed E-state index contributed by atoms with van der Waals surface area (Å²) in [5.41, 5.74) is 8.14. The highest BCUT2D eigenvalue weighted by Gasteiger charge is 2.32. The quantitative estimate of drug-likeness (QED) is 0.0308. The zero-order valence-corrected chi connectivity index (χ0v) is 46.3. The van der Waals surface area contributed by atoms with Crippen LogP contribution in [0.15, 0.2) is 72.6 Å². The van der Waals surface area contributed by atoms with Crippen LogP contribution in [0.25, 0.3) is 6.08 Å². The molecule has 0 aliphatic carbocycles. The second-order valence-corrected chi connectivity index (χ2v) is 21.5. The number of halogens is 1. The minimum Gasteiger partial charge on any atom is -0.457 e. The van der Waals surface area contributed by atoms with Gasteiger partial charge in [0.15, 0.2) is 5.78 Å². The third-order valence-electron chi connectivity index (χ3n) is 14.3. The number of cyclic esters (lactones) is 1. The maximum absolute atomic E-state index is 13.8. The molecule has 6 amide bonds. The fraction of sp³-hybridized carbons (Fsp3) is 0.552. The number of Topliss-reactive ketones (excluding diaryl/α,β-unsaturated/α-hetero) is 2. The molecule has 7 atom stereocenters. The molecule has 1 saturated heterocycles. The van der Waals surface area contributed by atoms with Crippen molar-refractivity contribution in [1.29, 1.82) is 0 Å². The molecule has 78 heavy (non-hydrogen) atoms. The number of unbranched alkanes of at least 4 members (excludes halogenated alkanes) is 3. The molecule has 0 spiro atoms. The predicted octanol–water partition coefficient (Wildman–Crippen LogP) is 7.24. The lowest BCUT2D eigenvalue weighted by Crippen LogP contribution is -2.51. The first-order valence-electron chi connectivity index (χ1n) is 27.1. The number of imide groups is 1. The largest absolute Gasteiger partial charge is 0.457 e. The number of pyridine rings is 1. The van der Waals surface area contributed by atoms with Gasteiger partial charge in [0.2, 0.25) is 11.8 Å². The summed E-state index contributed by atoms with van der Waals surface area (Å²) in [5.74, 6) is -3.86. The number of ether oxygens (including phenoxy) is 3. The Balaban J connectivity index is 1.09. The first-order valence-corrected chi connectivity index (χ1v) is 27.5. The number of hydrogen-bond donors (Lipinski definition) is 3. The van der Waals surface area contributed by atoms with E-state index in [1.807, 2.05) is 46.8 Å². The standard InChI is InChI=1S/C58H77ClN6O13/c1-37(2)47(32-45(66)11-7-6-10-24-65-52(70)22-23-53(65)71)56(73)62-48(12-8-9-13-51(60)69)49(68)31-41-16-18-42(19-17-41)36-76-57(74)63-25-27-64(28-26-63)58(75)77-50-21-15-39(4)55(40(5)29-43-30-44(59)35-61-34-43)78-54(72)33-46(67)20-14-38(50)3/h15-19,21-23,29-30,34-35,37-39,46-48,50,55,67H,6-14,20,24-28,31-33,36H2,1-5H3,(H2,60,69)(H,62,73)/b21-15+,40-29+/t38-,39-,46+,47-,48-,50-,55-/m0/s1. The van der Waals surface area contributed by atoms with E-state index in [0.29, 0.717) is 61.1 Å². The number of esters is 1. The zero-order valence-electron chi connectivity index (χ0n) is 45.6. The maximum Gasteiger partial charge on any atom is 0.410 e. The number of benzene rings is 1. The number of aliphatic hydroxyl groups excluding tert-OH is 1. The number of primary amides is 1. The van der Waals surface area contributed by atoms with Gasteiger partial charge in [-0.05, 0) is 91.7 Å². The Morgan fingerprint density at radius 1 is 0.872 bits per heavy atom. The van der Waals surface area contributed by atoms with Crippen LogP contribution >= 0.6 is 11.6 Å². The molecule has 5 rings (SSSR count). The molecule has 1 aromatic heterocycles. The lowest BCUT2D eigenvalue weighted by molar-refractivity contribution is -0.151. The number of aromatic nitrogens is 1. The van der Waals surface area contributed by atoms with Crippen LogP contribution < -0.4 is 11.1 Å². The average Bonchev–Trinajstić information content (AvgIpc) is 3.72. The third kappa shape index (κ3) is 20.2. The fourth-order valence-corrected chi connectivity index (χ4v) is 9.70. The highest BCUT2D eigenvalue weighted by atomic mass is 35.5. The van der Waals surface area contributed by atoms with Crippen LogP contribution in [0.5, 0.6) is 0 Å². The fourth-order valence-electron chi connectivity index (χ4n) is 9.52. The number of ketones is 2. The number of nitrogens with zero attached hydrogens (tertiary/aromatic N) is 4. The number of nitrogens with two attached hydrogens (primary N) is 1. The summed E-state index contributed by atoms with van der Waals surface area (Å²) >= 11 is 6.15. The van der Waals surface area contributed by atoms with Crippen LogP contribution in [-0.4, -0.2) is 135 Å². The van der Waals surface area contributed by atoms with Crippen molar-refractivity contribution in [2.45, 2.75) is 149 Å². The van der Waals surface area contributed by atoms with E-state index in [-0.39, 0.29) is 119 Å². The molecular formula is C58H77ClN6O13. The summed E-state index contributed by atoms with van der Waals surface area (Å²) in [6.45, 7) is 10.4. The van der Waals surface area contributed by atoms with E-state index in [4.69, 9.17) is 31.5 Å². The Bertz CT molecular complexity index is 2510. The molecule has 20 heteroatoms. The Morgan fingerprint density at radius 3 is 2.18 bits per heavy atom. The van der Waals surface area contributed by atoms with Crippen LogP contribution in [0.4, 0.5) is 9.59 Å². The molecule has 0 bridgehead atoms. The highest BCUT2D eigenvalue weighted by molar-refractivity contribution is 6.30. The van der Waals surface area contributed by atoms with Gasteiger partial charge in [0, 0.05) is 94.8 Å². The van der Waals surface area contributed by atoms with E-state index in [9.17, 15) is 48.3 Å². The zero-order chi connectivity index (χ0) is 56.9. The number of hydrogen-bond acceptors (Lipinski definition) is 14. The monoisotopic (exact) mass is 1100 g/mol. The van der Waals surface area contributed by atoms with Crippen molar-refractivity contribution < 1.29 is 62.5 Å². The number of aliphatic hydroxyl groups is 1. The van der Waals surface area contributed by atoms with E-state index in [0.717, 1.165) is 16.0 Å². The number of carbonyl (C=O) groups excluding carboxylic acids is 9. The topological polar surface area (TPSA) is 262 Å². The summed E-state index contributed by atoms with van der Waals surface area (Å²) in [5, 5.41) is 14.1. The maximum atomic E-state index is 13.8. The first-order chi connectivity index (χ1) is 37.2. The molecule has 19 nitrogen and oxygen atoms in total. The van der Waals surface area contributed by atoms with E-state index in [2.05, 4.69) is 10.3 Å². The minimum atomic E-state index is -0.945. The summed E-state index contributed by atoms with van der Waals surface area (Å²) in [6, 6.07) is 7.85. The molecule has 4 heterocycles. The molecule has 0 saturated carbocycles. The molecule has 1 fully saturated rings. The van der Waals surface area contributed by atoms with E-state index in [1.54, 1.807) is 42.6 Å². The van der Waals surface area contributed by atoms with Gasteiger partial charge in [0.05, 0.1) is 23.6 Å². The van der Waals surface area contributed by atoms with Crippen LogP contribution in [0.2, 0.25) is 5.02 Å². The second kappa shape index (κ2) is 31.0. The highest BCUT2D eigenvalue weighted by Crippen LogP contribution is 2.27. The Hall–Kier alpha value is -6.73. The van der Waals surface area contributed by atoms with Gasteiger partial charge < -0.3 is 40.2 Å². The number of amides is 6. The van der Waals surface area contributed by atoms with Crippen molar-refractivity contribution >= 4 is 71.0 Å². The van der Waals surface area contributed by atoms with Crippen molar-refractivity contribution in [3.05, 3.63) is 94.3 Å². The smallest absolute Gasteiger partial charge is 0.410 e. The molecule has 3 aliphatic heterocycles. The van der Waals surface area contributed by atoms with Gasteiger partial charge in [0.25, 0.3) is 11.8 Å². The number of carbonyl (C=O) groups is 9. The summed E-state index contributed by atoms with van der Waals surface area (Å²) in [4.78, 5) is 124. The van der Waals surface area contributed by atoms with E-state index in [1.165, 1.54) is 28.1 Å². The van der Waals surface area contributed by atoms with Crippen LogP contribution in [0.1, 0.15) is 128 Å². The van der Waals surface area contributed by atoms with Crippen molar-refractivity contribution in [2.24, 2.45) is 29.4 Å². The first kappa shape index (κ1) is 62.1. The van der Waals surface area contributed by atoms with Gasteiger partial charge in [-0.25, -0.2) is 9.59 Å². The van der Waals surface area contributed by atoms with E-state index >= 15 is 0 Å². The number of rotatable bonds is 24. The SMILES string of the molecule is C/C(=C\c1cncc(Cl)c1)[C@H]1OC(=O)C[C@H](O)CC[C@H](C)[C@@H](OC(=O)N2CCN(C(=O)OCc3ccc(CC(=O)[C@H](CCCCC(N)=O)NC(=O)[C@@H](CC(=O)CCCCCN4C(=O)C=CC4=O)C(C)C)cc3)CC2)/C=C/[C@@H]1C. The second-order valence-electron chi connectivity index (χ2n) is 21.1. The third-order valence-corrected chi connectivity index (χ3v) is 14.5. The molecule has 1 aromatic carbocycles. The lowest BCUT2D eigenvalue weighted by atomic mass is 9.88. The average molecular weight is 1100 g/mol. The minimum absolute atomic E-state index is 0.00336.